The molecule has 1 nitrogen and oxygen atoms in total. The minimum atomic E-state index is 0. The summed E-state index contributed by atoms with van der Waals surface area (Å²) in [7, 11) is 0. The van der Waals surface area contributed by atoms with Crippen molar-refractivity contribution in [3.05, 3.63) is 11.6 Å². The summed E-state index contributed by atoms with van der Waals surface area (Å²) in [5, 5.41) is 0. The van der Waals surface area contributed by atoms with E-state index in [1.807, 2.05) is 0 Å². The maximum absolute atomic E-state index is 5.42. The van der Waals surface area contributed by atoms with Crippen molar-refractivity contribution in [3.63, 3.8) is 0 Å². The highest BCUT2D eigenvalue weighted by Crippen LogP contribution is 2.18. The zero-order valence-corrected chi connectivity index (χ0v) is 5.90. The van der Waals surface area contributed by atoms with Crippen LogP contribution in [0.1, 0.15) is 33.5 Å². The van der Waals surface area contributed by atoms with Crippen LogP contribution in [0.25, 0.3) is 0 Å². The van der Waals surface area contributed by atoms with Crippen molar-refractivity contribution in [2.24, 2.45) is 5.73 Å². The second kappa shape index (κ2) is 3.67. The van der Waals surface area contributed by atoms with E-state index in [4.69, 9.17) is 5.73 Å². The Hall–Kier alpha value is -0.300. The van der Waals surface area contributed by atoms with Gasteiger partial charge in [0, 0.05) is 1.43 Å². The van der Waals surface area contributed by atoms with Crippen LogP contribution in [0, 0.1) is 0 Å². The van der Waals surface area contributed by atoms with E-state index >= 15 is 0 Å². The first kappa shape index (κ1) is 6.81. The quantitative estimate of drug-likeness (QED) is 0.565. The Kier molecular flexibility index (Phi) is 2.78. The molecule has 0 aromatic rings. The molecule has 0 aromatic carbocycles. The predicted octanol–water partition coefficient (Wildman–Crippen LogP) is 2.08. The molecule has 0 bridgehead atoms. The molecule has 0 spiro atoms. The maximum atomic E-state index is 5.42. The summed E-state index contributed by atoms with van der Waals surface area (Å²) in [6.07, 6.45) is 8.84. The minimum Gasteiger partial charge on any atom is -0.330 e. The molecular weight excluding hydrogens is 110 g/mol. The van der Waals surface area contributed by atoms with Crippen molar-refractivity contribution in [2.75, 3.05) is 6.54 Å². The zero-order chi connectivity index (χ0) is 6.53. The molecule has 0 atom stereocenters. The van der Waals surface area contributed by atoms with Crippen molar-refractivity contribution in [3.8, 4) is 0 Å². The van der Waals surface area contributed by atoms with Crippen LogP contribution in [0.4, 0.5) is 0 Å². The average Bonchev–Trinajstić information content (AvgIpc) is 1.91. The number of nitrogens with two attached hydrogens (primary N) is 1. The molecule has 0 amide bonds. The van der Waals surface area contributed by atoms with Crippen LogP contribution in [0.3, 0.4) is 0 Å². The molecular formula is C8H17N. The SMILES string of the molecule is NCCC1=CCCCC1.[HH]. The summed E-state index contributed by atoms with van der Waals surface area (Å²) >= 11 is 0. The van der Waals surface area contributed by atoms with Gasteiger partial charge in [-0.25, -0.2) is 0 Å². The fourth-order valence-electron chi connectivity index (χ4n) is 1.32. The van der Waals surface area contributed by atoms with E-state index in [0.29, 0.717) is 0 Å². The molecule has 1 aliphatic carbocycles. The predicted molar refractivity (Wildman–Crippen MR) is 42.3 cm³/mol. The minimum absolute atomic E-state index is 0. The van der Waals surface area contributed by atoms with Gasteiger partial charge in [0.1, 0.15) is 0 Å². The largest absolute Gasteiger partial charge is 0.330 e. The van der Waals surface area contributed by atoms with Crippen LogP contribution in [0.2, 0.25) is 0 Å². The van der Waals surface area contributed by atoms with Crippen molar-refractivity contribution in [1.82, 2.24) is 0 Å². The monoisotopic (exact) mass is 127 g/mol. The summed E-state index contributed by atoms with van der Waals surface area (Å²) < 4.78 is 0. The second-order valence-electron chi connectivity index (χ2n) is 2.65. The van der Waals surface area contributed by atoms with Crippen LogP contribution < -0.4 is 5.73 Å². The Morgan fingerprint density at radius 2 is 2.44 bits per heavy atom. The van der Waals surface area contributed by atoms with Crippen molar-refractivity contribution in [1.29, 1.82) is 0 Å². The first-order valence-electron chi connectivity index (χ1n) is 3.81. The Labute approximate surface area is 58.4 Å². The van der Waals surface area contributed by atoms with Crippen molar-refractivity contribution < 1.29 is 1.43 Å². The van der Waals surface area contributed by atoms with E-state index < -0.39 is 0 Å². The van der Waals surface area contributed by atoms with Gasteiger partial charge in [-0.05, 0) is 38.6 Å². The Morgan fingerprint density at radius 3 is 3.00 bits per heavy atom. The summed E-state index contributed by atoms with van der Waals surface area (Å²) in [5.41, 5.74) is 7.01. The molecule has 0 saturated carbocycles. The van der Waals surface area contributed by atoms with Crippen LogP contribution in [-0.2, 0) is 0 Å². The van der Waals surface area contributed by atoms with E-state index in [-0.39, 0.29) is 1.43 Å². The van der Waals surface area contributed by atoms with Gasteiger partial charge in [0.25, 0.3) is 0 Å². The number of rotatable bonds is 2. The van der Waals surface area contributed by atoms with Crippen molar-refractivity contribution >= 4 is 0 Å². The van der Waals surface area contributed by atoms with Crippen LogP contribution in [0.5, 0.6) is 0 Å². The van der Waals surface area contributed by atoms with Gasteiger partial charge in [-0.15, -0.1) is 0 Å². The molecule has 0 saturated heterocycles. The summed E-state index contributed by atoms with van der Waals surface area (Å²) in [4.78, 5) is 0. The van der Waals surface area contributed by atoms with Crippen LogP contribution >= 0.6 is 0 Å². The third-order valence-electron chi connectivity index (χ3n) is 1.85. The first-order chi connectivity index (χ1) is 4.43. The van der Waals surface area contributed by atoms with Gasteiger partial charge in [-0.3, -0.25) is 0 Å². The molecule has 0 heterocycles. The standard InChI is InChI=1S/C8H15N.H2/c9-7-6-8-4-2-1-3-5-8;/h4H,1-3,5-7,9H2;1H. The highest BCUT2D eigenvalue weighted by Gasteiger charge is 2.00. The third-order valence-corrected chi connectivity index (χ3v) is 1.85. The second-order valence-corrected chi connectivity index (χ2v) is 2.65. The van der Waals surface area contributed by atoms with Crippen molar-refractivity contribution in [2.45, 2.75) is 32.1 Å². The topological polar surface area (TPSA) is 26.0 Å². The lowest BCUT2D eigenvalue weighted by Crippen LogP contribution is -2.02. The number of allylic oxidation sites excluding steroid dienone is 1. The lowest BCUT2D eigenvalue weighted by molar-refractivity contribution is 0.676. The summed E-state index contributed by atoms with van der Waals surface area (Å²) in [5.74, 6) is 0. The molecule has 9 heavy (non-hydrogen) atoms. The number of hydrogen-bond donors (Lipinski definition) is 1. The normalized spacial score (nSPS) is 19.4. The molecule has 0 fully saturated rings. The lowest BCUT2D eigenvalue weighted by Gasteiger charge is -2.10. The molecule has 2 N–H and O–H groups in total. The zero-order valence-electron chi connectivity index (χ0n) is 5.90. The maximum Gasteiger partial charge on any atom is 0 e. The first-order valence-corrected chi connectivity index (χ1v) is 3.81. The van der Waals surface area contributed by atoms with Gasteiger partial charge in [-0.2, -0.15) is 0 Å². The highest BCUT2D eigenvalue weighted by atomic mass is 14.5. The Bertz CT molecular complexity index is 110. The van der Waals surface area contributed by atoms with Gasteiger partial charge >= 0.3 is 0 Å². The Balaban J connectivity index is 0.000000810. The smallest absolute Gasteiger partial charge is 0 e. The van der Waals surface area contributed by atoms with E-state index in [9.17, 15) is 0 Å². The fraction of sp³-hybridized carbons (Fsp3) is 0.750. The Morgan fingerprint density at radius 1 is 1.56 bits per heavy atom. The molecule has 1 heteroatoms. The molecule has 0 unspecified atom stereocenters. The molecule has 0 aliphatic heterocycles. The van der Waals surface area contributed by atoms with Gasteiger partial charge in [0.15, 0.2) is 0 Å². The van der Waals surface area contributed by atoms with E-state index in [0.717, 1.165) is 13.0 Å². The molecule has 0 aromatic heterocycles. The molecule has 1 aliphatic rings. The van der Waals surface area contributed by atoms with E-state index in [1.54, 1.807) is 5.57 Å². The van der Waals surface area contributed by atoms with Gasteiger partial charge in [0.2, 0.25) is 0 Å². The van der Waals surface area contributed by atoms with Crippen LogP contribution in [-0.4, -0.2) is 6.54 Å². The third kappa shape index (κ3) is 2.19. The van der Waals surface area contributed by atoms with Crippen LogP contribution in [0.15, 0.2) is 11.6 Å². The molecule has 54 valence electrons. The van der Waals surface area contributed by atoms with Gasteiger partial charge in [0.05, 0.1) is 0 Å². The average molecular weight is 127 g/mol. The summed E-state index contributed by atoms with van der Waals surface area (Å²) in [6, 6.07) is 0. The molecule has 1 rings (SSSR count). The van der Waals surface area contributed by atoms with E-state index in [2.05, 4.69) is 6.08 Å². The summed E-state index contributed by atoms with van der Waals surface area (Å²) in [6.45, 7) is 0.825. The lowest BCUT2D eigenvalue weighted by atomic mass is 9.97. The fourth-order valence-corrected chi connectivity index (χ4v) is 1.32. The van der Waals surface area contributed by atoms with Gasteiger partial charge < -0.3 is 5.73 Å². The molecule has 0 radical (unpaired) electrons. The number of hydrogen-bond acceptors (Lipinski definition) is 1. The highest BCUT2D eigenvalue weighted by molar-refractivity contribution is 5.04. The van der Waals surface area contributed by atoms with Gasteiger partial charge in [-0.1, -0.05) is 11.6 Å². The van der Waals surface area contributed by atoms with E-state index in [1.165, 1.54) is 25.7 Å².